The molecule has 0 bridgehead atoms. The highest BCUT2D eigenvalue weighted by molar-refractivity contribution is 5.84. The Morgan fingerprint density at radius 1 is 1.32 bits per heavy atom. The van der Waals surface area contributed by atoms with Crippen molar-refractivity contribution in [2.75, 3.05) is 14.2 Å². The minimum absolute atomic E-state index is 0.186. The zero-order chi connectivity index (χ0) is 20.9. The summed E-state index contributed by atoms with van der Waals surface area (Å²) in [6.07, 6.45) is 13.4. The van der Waals surface area contributed by atoms with Crippen molar-refractivity contribution in [1.82, 2.24) is 0 Å². The second kappa shape index (κ2) is 13.2. The fourth-order valence-corrected chi connectivity index (χ4v) is 2.80. The molecule has 1 N–H and O–H groups in total. The first-order valence-electron chi connectivity index (χ1n) is 9.58. The Morgan fingerprint density at radius 2 is 2.07 bits per heavy atom. The van der Waals surface area contributed by atoms with Crippen LogP contribution in [0.4, 0.5) is 0 Å². The molecule has 6 nitrogen and oxygen atoms in total. The average molecular weight is 392 g/mol. The molecule has 6 heteroatoms. The van der Waals surface area contributed by atoms with Gasteiger partial charge < -0.3 is 19.3 Å². The second-order valence-corrected chi connectivity index (χ2v) is 6.71. The number of ketones is 1. The second-order valence-electron chi connectivity index (χ2n) is 6.71. The van der Waals surface area contributed by atoms with Gasteiger partial charge in [-0.25, -0.2) is 4.79 Å². The standard InChI is InChI=1S/C22H32O6/c1-5-6-7-11-18(23)22(25)16(2)15-17(26-3)10-8-9-12-20-19(27-4)13-14-21(24)28-20/h6-10,12-14,16-17,19-20,22,25H,5,11,15H2,1-4H3/b7-6+,10-8+,12-9+/t16-,17-,19-,20-,22+/m1/s1. The first kappa shape index (κ1) is 24.0. The third kappa shape index (κ3) is 8.33. The maximum absolute atomic E-state index is 12.0. The SMILES string of the molecule is CC/C=C/CC(=O)[C@@H](O)[C@H](C)C[C@@H](/C=C/C=C/[C@H]1OC(=O)C=C[C@H]1OC)OC. The summed E-state index contributed by atoms with van der Waals surface area (Å²) in [6, 6.07) is 0. The number of aliphatic hydroxyl groups excluding tert-OH is 1. The molecule has 0 fully saturated rings. The molecule has 28 heavy (non-hydrogen) atoms. The number of esters is 1. The molecule has 0 aromatic rings. The zero-order valence-corrected chi connectivity index (χ0v) is 17.1. The number of hydrogen-bond donors (Lipinski definition) is 1. The van der Waals surface area contributed by atoms with Gasteiger partial charge in [0.25, 0.3) is 0 Å². The molecule has 0 saturated heterocycles. The third-order valence-corrected chi connectivity index (χ3v) is 4.50. The van der Waals surface area contributed by atoms with Crippen molar-refractivity contribution in [2.24, 2.45) is 5.92 Å². The number of aliphatic hydroxyl groups is 1. The number of allylic oxidation sites excluding steroid dienone is 4. The summed E-state index contributed by atoms with van der Waals surface area (Å²) in [6.45, 7) is 3.83. The Kier molecular flexibility index (Phi) is 11.3. The van der Waals surface area contributed by atoms with Gasteiger partial charge in [0.05, 0.1) is 6.10 Å². The molecule has 0 spiro atoms. The lowest BCUT2D eigenvalue weighted by atomic mass is 9.93. The minimum atomic E-state index is -1.01. The van der Waals surface area contributed by atoms with Gasteiger partial charge in [-0.3, -0.25) is 4.79 Å². The van der Waals surface area contributed by atoms with Gasteiger partial charge in [-0.15, -0.1) is 0 Å². The van der Waals surface area contributed by atoms with Crippen LogP contribution in [0.15, 0.2) is 48.6 Å². The van der Waals surface area contributed by atoms with Crippen molar-refractivity contribution in [3.05, 3.63) is 48.6 Å². The fourth-order valence-electron chi connectivity index (χ4n) is 2.80. The fraction of sp³-hybridized carbons (Fsp3) is 0.545. The number of Topliss-reactive ketones (excluding diaryl/α,β-unsaturated/α-hetero) is 1. The topological polar surface area (TPSA) is 82.1 Å². The number of methoxy groups -OCH3 is 2. The predicted octanol–water partition coefficient (Wildman–Crippen LogP) is 2.92. The van der Waals surface area contributed by atoms with E-state index in [0.717, 1.165) is 6.42 Å². The number of hydrogen-bond acceptors (Lipinski definition) is 6. The monoisotopic (exact) mass is 392 g/mol. The van der Waals surface area contributed by atoms with Crippen LogP contribution in [0.25, 0.3) is 0 Å². The molecule has 0 aliphatic carbocycles. The van der Waals surface area contributed by atoms with Crippen LogP contribution in [-0.4, -0.2) is 55.5 Å². The first-order valence-corrected chi connectivity index (χ1v) is 9.58. The van der Waals surface area contributed by atoms with E-state index in [1.54, 1.807) is 44.6 Å². The van der Waals surface area contributed by atoms with E-state index >= 15 is 0 Å². The molecule has 0 unspecified atom stereocenters. The van der Waals surface area contributed by atoms with Gasteiger partial charge >= 0.3 is 5.97 Å². The highest BCUT2D eigenvalue weighted by Crippen LogP contribution is 2.17. The highest BCUT2D eigenvalue weighted by Gasteiger charge is 2.24. The van der Waals surface area contributed by atoms with Gasteiger partial charge in [0.15, 0.2) is 11.9 Å². The molecule has 1 rings (SSSR count). The molecular formula is C22H32O6. The third-order valence-electron chi connectivity index (χ3n) is 4.50. The number of cyclic esters (lactones) is 1. The Hall–Kier alpha value is -2.02. The molecule has 1 aliphatic rings. The average Bonchev–Trinajstić information content (AvgIpc) is 2.69. The van der Waals surface area contributed by atoms with Crippen LogP contribution >= 0.6 is 0 Å². The number of rotatable bonds is 12. The largest absolute Gasteiger partial charge is 0.452 e. The van der Waals surface area contributed by atoms with Crippen LogP contribution in [0.5, 0.6) is 0 Å². The first-order chi connectivity index (χ1) is 13.4. The van der Waals surface area contributed by atoms with Gasteiger partial charge in [-0.05, 0) is 30.9 Å². The zero-order valence-electron chi connectivity index (χ0n) is 17.1. The molecule has 0 radical (unpaired) electrons. The Morgan fingerprint density at radius 3 is 2.71 bits per heavy atom. The van der Waals surface area contributed by atoms with Crippen molar-refractivity contribution in [1.29, 1.82) is 0 Å². The summed E-state index contributed by atoms with van der Waals surface area (Å²) >= 11 is 0. The van der Waals surface area contributed by atoms with Crippen molar-refractivity contribution in [3.8, 4) is 0 Å². The summed E-state index contributed by atoms with van der Waals surface area (Å²) in [7, 11) is 3.14. The Bertz CT molecular complexity index is 604. The van der Waals surface area contributed by atoms with Crippen LogP contribution in [0.2, 0.25) is 0 Å². The number of carbonyl (C=O) groups excluding carboxylic acids is 2. The maximum Gasteiger partial charge on any atom is 0.331 e. The van der Waals surface area contributed by atoms with Gasteiger partial charge in [-0.2, -0.15) is 0 Å². The summed E-state index contributed by atoms with van der Waals surface area (Å²) in [5.41, 5.74) is 0. The molecule has 0 aromatic carbocycles. The maximum atomic E-state index is 12.0. The van der Waals surface area contributed by atoms with Crippen LogP contribution < -0.4 is 0 Å². The number of carbonyl (C=O) groups is 2. The Labute approximate surface area is 167 Å². The quantitative estimate of drug-likeness (QED) is 0.312. The molecule has 5 atom stereocenters. The van der Waals surface area contributed by atoms with Crippen LogP contribution in [0.1, 0.15) is 33.1 Å². The van der Waals surface area contributed by atoms with Crippen molar-refractivity contribution in [2.45, 2.75) is 57.5 Å². The molecule has 1 heterocycles. The number of ether oxygens (including phenoxy) is 3. The van der Waals surface area contributed by atoms with Crippen molar-refractivity contribution < 1.29 is 28.9 Å². The summed E-state index contributed by atoms with van der Waals surface area (Å²) in [4.78, 5) is 23.4. The lowest BCUT2D eigenvalue weighted by molar-refractivity contribution is -0.147. The van der Waals surface area contributed by atoms with E-state index < -0.39 is 18.2 Å². The van der Waals surface area contributed by atoms with E-state index in [1.165, 1.54) is 6.08 Å². The lowest BCUT2D eigenvalue weighted by Crippen LogP contribution is -2.32. The van der Waals surface area contributed by atoms with E-state index in [4.69, 9.17) is 14.2 Å². The molecule has 0 saturated carbocycles. The van der Waals surface area contributed by atoms with Gasteiger partial charge in [0, 0.05) is 26.7 Å². The van der Waals surface area contributed by atoms with Crippen molar-refractivity contribution in [3.63, 3.8) is 0 Å². The normalized spacial score (nSPS) is 23.4. The van der Waals surface area contributed by atoms with E-state index in [-0.39, 0.29) is 30.3 Å². The predicted molar refractivity (Wildman–Crippen MR) is 108 cm³/mol. The Balaban J connectivity index is 2.56. The lowest BCUT2D eigenvalue weighted by Gasteiger charge is -2.23. The molecule has 1 aliphatic heterocycles. The molecule has 0 amide bonds. The highest BCUT2D eigenvalue weighted by atomic mass is 16.6. The minimum Gasteiger partial charge on any atom is -0.452 e. The van der Waals surface area contributed by atoms with Gasteiger partial charge in [0.1, 0.15) is 12.2 Å². The molecular weight excluding hydrogens is 360 g/mol. The molecule has 0 aromatic heterocycles. The summed E-state index contributed by atoms with van der Waals surface area (Å²) in [5.74, 6) is -0.819. The van der Waals surface area contributed by atoms with Crippen LogP contribution in [0, 0.1) is 5.92 Å². The van der Waals surface area contributed by atoms with Crippen molar-refractivity contribution >= 4 is 11.8 Å². The van der Waals surface area contributed by atoms with Crippen LogP contribution in [-0.2, 0) is 23.8 Å². The van der Waals surface area contributed by atoms with Gasteiger partial charge in [0.2, 0.25) is 0 Å². The van der Waals surface area contributed by atoms with E-state index in [0.29, 0.717) is 6.42 Å². The van der Waals surface area contributed by atoms with Crippen LogP contribution in [0.3, 0.4) is 0 Å². The summed E-state index contributed by atoms with van der Waals surface area (Å²) in [5, 5.41) is 10.2. The van der Waals surface area contributed by atoms with E-state index in [2.05, 4.69) is 0 Å². The van der Waals surface area contributed by atoms with Gasteiger partial charge in [-0.1, -0.05) is 44.2 Å². The smallest absolute Gasteiger partial charge is 0.331 e. The van der Waals surface area contributed by atoms with E-state index in [9.17, 15) is 14.7 Å². The summed E-state index contributed by atoms with van der Waals surface area (Å²) < 4.78 is 15.9. The van der Waals surface area contributed by atoms with E-state index in [1.807, 2.05) is 26.0 Å². The molecule has 156 valence electrons.